The first-order valence-corrected chi connectivity index (χ1v) is 4.51. The molecule has 0 aromatic rings. The maximum atomic E-state index is 5.31. The fourth-order valence-corrected chi connectivity index (χ4v) is 1.58. The minimum atomic E-state index is 0.424. The monoisotopic (exact) mass is 157 g/mol. The van der Waals surface area contributed by atoms with Crippen LogP contribution in [-0.4, -0.2) is 30.6 Å². The largest absolute Gasteiger partial charge is 0.302 e. The van der Waals surface area contributed by atoms with Gasteiger partial charge in [0.05, 0.1) is 0 Å². The van der Waals surface area contributed by atoms with Crippen LogP contribution in [0.15, 0.2) is 0 Å². The summed E-state index contributed by atoms with van der Waals surface area (Å²) in [4.78, 5) is 2.48. The van der Waals surface area contributed by atoms with E-state index in [0.29, 0.717) is 6.04 Å². The fourth-order valence-electron chi connectivity index (χ4n) is 1.58. The van der Waals surface area contributed by atoms with Gasteiger partial charge < -0.3 is 4.90 Å². The van der Waals surface area contributed by atoms with Crippen molar-refractivity contribution in [3.8, 4) is 0 Å². The third-order valence-corrected chi connectivity index (χ3v) is 2.27. The predicted molar refractivity (Wildman–Crippen MR) is 47.1 cm³/mol. The van der Waals surface area contributed by atoms with Crippen LogP contribution in [0.5, 0.6) is 0 Å². The van der Waals surface area contributed by atoms with Crippen molar-refractivity contribution >= 4 is 0 Å². The molecule has 1 saturated heterocycles. The number of likely N-dealkylation sites (tertiary alicyclic amines) is 1. The van der Waals surface area contributed by atoms with Crippen LogP contribution in [-0.2, 0) is 0 Å². The molecule has 0 aliphatic carbocycles. The van der Waals surface area contributed by atoms with Crippen LogP contribution in [0.2, 0.25) is 0 Å². The second-order valence-corrected chi connectivity index (χ2v) is 3.43. The average molecular weight is 157 g/mol. The number of hydrogen-bond donors (Lipinski definition) is 2. The van der Waals surface area contributed by atoms with E-state index in [4.69, 9.17) is 5.84 Å². The molecule has 0 spiro atoms. The Kier molecular flexibility index (Phi) is 3.83. The molecule has 1 aliphatic heterocycles. The highest BCUT2D eigenvalue weighted by molar-refractivity contribution is 4.69. The number of piperidine rings is 1. The van der Waals surface area contributed by atoms with Crippen LogP contribution in [0, 0.1) is 0 Å². The van der Waals surface area contributed by atoms with Gasteiger partial charge in [0.2, 0.25) is 0 Å². The molecule has 11 heavy (non-hydrogen) atoms. The lowest BCUT2D eigenvalue weighted by molar-refractivity contribution is 0.209. The standard InChI is InChI=1S/C8H19N3/c1-8(10-9)7-11-5-3-2-4-6-11/h8,10H,2-7,9H2,1H3. The zero-order chi connectivity index (χ0) is 8.10. The van der Waals surface area contributed by atoms with Gasteiger partial charge in [0, 0.05) is 12.6 Å². The van der Waals surface area contributed by atoms with Gasteiger partial charge in [0.25, 0.3) is 0 Å². The van der Waals surface area contributed by atoms with Gasteiger partial charge in [0.15, 0.2) is 0 Å². The number of nitrogens with zero attached hydrogens (tertiary/aromatic N) is 1. The summed E-state index contributed by atoms with van der Waals surface area (Å²) in [6.45, 7) is 5.73. The highest BCUT2D eigenvalue weighted by Crippen LogP contribution is 2.08. The molecule has 1 fully saturated rings. The van der Waals surface area contributed by atoms with Crippen molar-refractivity contribution in [1.82, 2.24) is 10.3 Å². The molecule has 0 aromatic carbocycles. The van der Waals surface area contributed by atoms with Crippen molar-refractivity contribution in [1.29, 1.82) is 0 Å². The minimum absolute atomic E-state index is 0.424. The molecule has 0 radical (unpaired) electrons. The van der Waals surface area contributed by atoms with E-state index in [1.54, 1.807) is 0 Å². The maximum Gasteiger partial charge on any atom is 0.0309 e. The van der Waals surface area contributed by atoms with Crippen LogP contribution in [0.3, 0.4) is 0 Å². The van der Waals surface area contributed by atoms with Gasteiger partial charge in [-0.15, -0.1) is 0 Å². The van der Waals surface area contributed by atoms with Crippen molar-refractivity contribution in [2.45, 2.75) is 32.2 Å². The minimum Gasteiger partial charge on any atom is -0.302 e. The third-order valence-electron chi connectivity index (χ3n) is 2.27. The summed E-state index contributed by atoms with van der Waals surface area (Å²) in [5.74, 6) is 5.31. The molecule has 3 N–H and O–H groups in total. The van der Waals surface area contributed by atoms with Crippen LogP contribution < -0.4 is 11.3 Å². The molecule has 3 heteroatoms. The number of nitrogens with one attached hydrogen (secondary N) is 1. The normalized spacial score (nSPS) is 23.5. The highest BCUT2D eigenvalue weighted by atomic mass is 15.3. The first-order valence-electron chi connectivity index (χ1n) is 4.51. The Morgan fingerprint density at radius 2 is 2.00 bits per heavy atom. The number of rotatable bonds is 3. The third kappa shape index (κ3) is 3.18. The molecule has 0 aromatic heterocycles. The Balaban J connectivity index is 2.13. The van der Waals surface area contributed by atoms with Crippen molar-refractivity contribution in [2.75, 3.05) is 19.6 Å². The summed E-state index contributed by atoms with van der Waals surface area (Å²) in [7, 11) is 0. The Morgan fingerprint density at radius 3 is 2.55 bits per heavy atom. The Morgan fingerprint density at radius 1 is 1.36 bits per heavy atom. The summed E-state index contributed by atoms with van der Waals surface area (Å²) in [6.07, 6.45) is 4.12. The lowest BCUT2D eigenvalue weighted by atomic mass is 10.1. The van der Waals surface area contributed by atoms with Gasteiger partial charge in [-0.25, -0.2) is 0 Å². The molecule has 1 rings (SSSR count). The first kappa shape index (κ1) is 8.97. The Hall–Kier alpha value is -0.120. The molecule has 0 amide bonds. The predicted octanol–water partition coefficient (Wildman–Crippen LogP) is 0.324. The van der Waals surface area contributed by atoms with Gasteiger partial charge in [-0.3, -0.25) is 11.3 Å². The fraction of sp³-hybridized carbons (Fsp3) is 1.00. The zero-order valence-electron chi connectivity index (χ0n) is 7.34. The number of hydrazine groups is 1. The molecule has 1 heterocycles. The zero-order valence-corrected chi connectivity index (χ0v) is 7.34. The van der Waals surface area contributed by atoms with Crippen LogP contribution >= 0.6 is 0 Å². The molecule has 0 saturated carbocycles. The van der Waals surface area contributed by atoms with Gasteiger partial charge in [-0.2, -0.15) is 0 Å². The first-order chi connectivity index (χ1) is 5.33. The van der Waals surface area contributed by atoms with E-state index in [2.05, 4.69) is 17.2 Å². The van der Waals surface area contributed by atoms with Crippen LogP contribution in [0.25, 0.3) is 0 Å². The summed E-state index contributed by atoms with van der Waals surface area (Å²) in [5, 5.41) is 0. The summed E-state index contributed by atoms with van der Waals surface area (Å²) in [6, 6.07) is 0.424. The highest BCUT2D eigenvalue weighted by Gasteiger charge is 2.11. The molecule has 3 nitrogen and oxygen atoms in total. The number of nitrogens with two attached hydrogens (primary N) is 1. The van der Waals surface area contributed by atoms with Gasteiger partial charge in [-0.1, -0.05) is 6.42 Å². The summed E-state index contributed by atoms with van der Waals surface area (Å²) < 4.78 is 0. The topological polar surface area (TPSA) is 41.3 Å². The molecular formula is C8H19N3. The van der Waals surface area contributed by atoms with Gasteiger partial charge >= 0.3 is 0 Å². The molecule has 66 valence electrons. The SMILES string of the molecule is CC(CN1CCCCC1)NN. The van der Waals surface area contributed by atoms with E-state index >= 15 is 0 Å². The van der Waals surface area contributed by atoms with Crippen molar-refractivity contribution in [3.05, 3.63) is 0 Å². The molecule has 1 atom stereocenters. The van der Waals surface area contributed by atoms with Gasteiger partial charge in [-0.05, 0) is 32.9 Å². The van der Waals surface area contributed by atoms with E-state index in [-0.39, 0.29) is 0 Å². The van der Waals surface area contributed by atoms with E-state index in [9.17, 15) is 0 Å². The maximum absolute atomic E-state index is 5.31. The van der Waals surface area contributed by atoms with Gasteiger partial charge in [0.1, 0.15) is 0 Å². The molecular weight excluding hydrogens is 138 g/mol. The Labute approximate surface area is 68.9 Å². The molecule has 1 unspecified atom stereocenters. The lowest BCUT2D eigenvalue weighted by Crippen LogP contribution is -2.44. The van der Waals surface area contributed by atoms with E-state index < -0.39 is 0 Å². The van der Waals surface area contributed by atoms with Crippen LogP contribution in [0.4, 0.5) is 0 Å². The van der Waals surface area contributed by atoms with Crippen LogP contribution in [0.1, 0.15) is 26.2 Å². The van der Waals surface area contributed by atoms with Crippen molar-refractivity contribution in [2.24, 2.45) is 5.84 Å². The second-order valence-electron chi connectivity index (χ2n) is 3.43. The van der Waals surface area contributed by atoms with Crippen molar-refractivity contribution in [3.63, 3.8) is 0 Å². The summed E-state index contributed by atoms with van der Waals surface area (Å²) >= 11 is 0. The summed E-state index contributed by atoms with van der Waals surface area (Å²) in [5.41, 5.74) is 2.77. The Bertz CT molecular complexity index is 99.5. The van der Waals surface area contributed by atoms with E-state index in [1.807, 2.05) is 0 Å². The lowest BCUT2D eigenvalue weighted by Gasteiger charge is -2.28. The molecule has 0 bridgehead atoms. The average Bonchev–Trinajstić information content (AvgIpc) is 2.06. The number of hydrogen-bond acceptors (Lipinski definition) is 3. The smallest absolute Gasteiger partial charge is 0.0309 e. The van der Waals surface area contributed by atoms with E-state index in [1.165, 1.54) is 32.4 Å². The second kappa shape index (κ2) is 4.70. The van der Waals surface area contributed by atoms with E-state index in [0.717, 1.165) is 6.54 Å². The quantitative estimate of drug-likeness (QED) is 0.458. The van der Waals surface area contributed by atoms with Crippen molar-refractivity contribution < 1.29 is 0 Å². The molecule has 1 aliphatic rings.